The van der Waals surface area contributed by atoms with E-state index in [9.17, 15) is 9.59 Å². The molecule has 0 aliphatic heterocycles. The summed E-state index contributed by atoms with van der Waals surface area (Å²) < 4.78 is 5.54. The minimum absolute atomic E-state index is 0.0704. The van der Waals surface area contributed by atoms with E-state index >= 15 is 0 Å². The molecule has 1 heterocycles. The molecule has 0 atom stereocenters. The number of thioether (sulfide) groups is 1. The van der Waals surface area contributed by atoms with Crippen LogP contribution in [0.4, 0.5) is 5.13 Å². The number of benzene rings is 2. The second-order valence-corrected chi connectivity index (χ2v) is 8.28. The summed E-state index contributed by atoms with van der Waals surface area (Å²) in [6, 6.07) is 12.8. The Labute approximate surface area is 170 Å². The van der Waals surface area contributed by atoms with Gasteiger partial charge < -0.3 is 10.1 Å². The van der Waals surface area contributed by atoms with Crippen LogP contribution in [0, 0.1) is 0 Å². The Kier molecular flexibility index (Phi) is 6.71. The van der Waals surface area contributed by atoms with Gasteiger partial charge in [0.2, 0.25) is 5.91 Å². The number of rotatable bonds is 7. The number of carbonyl (C=O) groups excluding carboxylic acids is 2. The molecule has 0 radical (unpaired) electrons. The summed E-state index contributed by atoms with van der Waals surface area (Å²) in [7, 11) is 1.34. The van der Waals surface area contributed by atoms with E-state index in [1.807, 2.05) is 24.3 Å². The highest BCUT2D eigenvalue weighted by atomic mass is 35.5. The number of esters is 1. The second-order valence-electron chi connectivity index (χ2n) is 5.65. The van der Waals surface area contributed by atoms with Crippen molar-refractivity contribution in [3.63, 3.8) is 0 Å². The number of ether oxygens (including phenoxy) is 1. The molecule has 3 aromatic rings. The SMILES string of the molecule is COC(=O)c1ccc2nc(NC(=O)CCCSc3ccc(Cl)cc3)sc2c1. The van der Waals surface area contributed by atoms with E-state index < -0.39 is 5.97 Å². The summed E-state index contributed by atoms with van der Waals surface area (Å²) in [4.78, 5) is 29.2. The molecule has 140 valence electrons. The molecule has 0 bridgehead atoms. The number of hydrogen-bond acceptors (Lipinski definition) is 6. The van der Waals surface area contributed by atoms with Gasteiger partial charge in [-0.15, -0.1) is 11.8 Å². The van der Waals surface area contributed by atoms with Gasteiger partial charge in [0.1, 0.15) is 0 Å². The summed E-state index contributed by atoms with van der Waals surface area (Å²) in [5.74, 6) is 0.380. The maximum absolute atomic E-state index is 12.1. The highest BCUT2D eigenvalue weighted by Crippen LogP contribution is 2.27. The Hall–Kier alpha value is -2.09. The van der Waals surface area contributed by atoms with Crippen LogP contribution in [-0.4, -0.2) is 29.7 Å². The Morgan fingerprint density at radius 1 is 1.22 bits per heavy atom. The van der Waals surface area contributed by atoms with Crippen molar-refractivity contribution in [3.8, 4) is 0 Å². The first-order valence-electron chi connectivity index (χ1n) is 8.22. The van der Waals surface area contributed by atoms with Gasteiger partial charge in [-0.25, -0.2) is 9.78 Å². The number of aromatic nitrogens is 1. The number of methoxy groups -OCH3 is 1. The average molecular weight is 421 g/mol. The molecular formula is C19H17ClN2O3S2. The van der Waals surface area contributed by atoms with Gasteiger partial charge in [0.15, 0.2) is 5.13 Å². The molecular weight excluding hydrogens is 404 g/mol. The van der Waals surface area contributed by atoms with Crippen molar-refractivity contribution in [3.05, 3.63) is 53.1 Å². The normalized spacial score (nSPS) is 10.7. The topological polar surface area (TPSA) is 68.3 Å². The van der Waals surface area contributed by atoms with Crippen molar-refractivity contribution >= 4 is 61.9 Å². The fourth-order valence-corrected chi connectivity index (χ4v) is 4.26. The third kappa shape index (κ3) is 5.45. The predicted octanol–water partition coefficient (Wildman–Crippen LogP) is 5.25. The molecule has 0 aliphatic carbocycles. The van der Waals surface area contributed by atoms with Crippen LogP contribution >= 0.6 is 34.7 Å². The minimum atomic E-state index is -0.394. The number of carbonyl (C=O) groups is 2. The number of fused-ring (bicyclic) bond motifs is 1. The molecule has 1 aromatic heterocycles. The van der Waals surface area contributed by atoms with Crippen LogP contribution in [0.3, 0.4) is 0 Å². The minimum Gasteiger partial charge on any atom is -0.465 e. The third-order valence-electron chi connectivity index (χ3n) is 3.69. The number of thiazole rings is 1. The fraction of sp³-hybridized carbons (Fsp3) is 0.211. The first-order chi connectivity index (χ1) is 13.0. The summed E-state index contributed by atoms with van der Waals surface area (Å²) in [6.45, 7) is 0. The van der Waals surface area contributed by atoms with Crippen LogP contribution in [0.15, 0.2) is 47.4 Å². The van der Waals surface area contributed by atoms with E-state index in [1.165, 1.54) is 18.4 Å². The van der Waals surface area contributed by atoms with Crippen LogP contribution in [-0.2, 0) is 9.53 Å². The summed E-state index contributed by atoms with van der Waals surface area (Å²) >= 11 is 8.89. The molecule has 0 aliphatic rings. The van der Waals surface area contributed by atoms with Crippen LogP contribution < -0.4 is 5.32 Å². The lowest BCUT2D eigenvalue weighted by Gasteiger charge is -2.02. The van der Waals surface area contributed by atoms with Crippen molar-refractivity contribution in [1.82, 2.24) is 4.98 Å². The molecule has 8 heteroatoms. The van der Waals surface area contributed by atoms with Gasteiger partial charge in [-0.3, -0.25) is 4.79 Å². The van der Waals surface area contributed by atoms with Crippen LogP contribution in [0.2, 0.25) is 5.02 Å². The maximum atomic E-state index is 12.1. The zero-order valence-corrected chi connectivity index (χ0v) is 16.9. The Bertz CT molecular complexity index is 957. The van der Waals surface area contributed by atoms with Crippen molar-refractivity contribution in [1.29, 1.82) is 0 Å². The number of anilines is 1. The van der Waals surface area contributed by atoms with Gasteiger partial charge >= 0.3 is 5.97 Å². The van der Waals surface area contributed by atoms with Crippen LogP contribution in [0.5, 0.6) is 0 Å². The number of hydrogen-bond donors (Lipinski definition) is 1. The highest BCUT2D eigenvalue weighted by Gasteiger charge is 2.11. The largest absolute Gasteiger partial charge is 0.465 e. The molecule has 2 aromatic carbocycles. The van der Waals surface area contributed by atoms with Crippen LogP contribution in [0.1, 0.15) is 23.2 Å². The van der Waals surface area contributed by atoms with E-state index in [2.05, 4.69) is 10.3 Å². The maximum Gasteiger partial charge on any atom is 0.337 e. The number of nitrogens with one attached hydrogen (secondary N) is 1. The van der Waals surface area contributed by atoms with E-state index in [0.29, 0.717) is 22.1 Å². The molecule has 1 amide bonds. The lowest BCUT2D eigenvalue weighted by atomic mass is 10.2. The highest BCUT2D eigenvalue weighted by molar-refractivity contribution is 7.99. The molecule has 0 spiro atoms. The summed E-state index contributed by atoms with van der Waals surface area (Å²) in [5.41, 5.74) is 1.20. The second kappa shape index (κ2) is 9.21. The standard InChI is InChI=1S/C19H17ClN2O3S2/c1-25-18(24)12-4-9-15-16(11-12)27-19(21-15)22-17(23)3-2-10-26-14-7-5-13(20)6-8-14/h4-9,11H,2-3,10H2,1H3,(H,21,22,23). The van der Waals surface area contributed by atoms with Crippen molar-refractivity contribution in [2.45, 2.75) is 17.7 Å². The van der Waals surface area contributed by atoms with Gasteiger partial charge in [-0.2, -0.15) is 0 Å². The molecule has 0 fully saturated rings. The average Bonchev–Trinajstić information content (AvgIpc) is 3.07. The molecule has 0 unspecified atom stereocenters. The number of halogens is 1. The third-order valence-corrected chi connectivity index (χ3v) is 5.97. The monoisotopic (exact) mass is 420 g/mol. The van der Waals surface area contributed by atoms with Gasteiger partial charge in [-0.05, 0) is 54.6 Å². The van der Waals surface area contributed by atoms with Crippen molar-refractivity contribution in [2.24, 2.45) is 0 Å². The molecule has 1 N–H and O–H groups in total. The van der Waals surface area contributed by atoms with Crippen molar-refractivity contribution in [2.75, 3.05) is 18.2 Å². The van der Waals surface area contributed by atoms with E-state index in [1.54, 1.807) is 30.0 Å². The van der Waals surface area contributed by atoms with E-state index in [0.717, 1.165) is 27.3 Å². The first-order valence-corrected chi connectivity index (χ1v) is 10.4. The van der Waals surface area contributed by atoms with Gasteiger partial charge in [-0.1, -0.05) is 22.9 Å². The Balaban J connectivity index is 1.50. The lowest BCUT2D eigenvalue weighted by Crippen LogP contribution is -2.11. The van der Waals surface area contributed by atoms with Gasteiger partial charge in [0.25, 0.3) is 0 Å². The van der Waals surface area contributed by atoms with Gasteiger partial charge in [0, 0.05) is 16.3 Å². The van der Waals surface area contributed by atoms with E-state index in [-0.39, 0.29) is 5.91 Å². The predicted molar refractivity (Wildman–Crippen MR) is 111 cm³/mol. The smallest absolute Gasteiger partial charge is 0.337 e. The van der Waals surface area contributed by atoms with Crippen molar-refractivity contribution < 1.29 is 14.3 Å². The van der Waals surface area contributed by atoms with Crippen LogP contribution in [0.25, 0.3) is 10.2 Å². The summed E-state index contributed by atoms with van der Waals surface area (Å²) in [5, 5.41) is 4.07. The fourth-order valence-electron chi connectivity index (χ4n) is 2.36. The quantitative estimate of drug-likeness (QED) is 0.321. The zero-order valence-electron chi connectivity index (χ0n) is 14.5. The van der Waals surface area contributed by atoms with Gasteiger partial charge in [0.05, 0.1) is 22.9 Å². The number of amides is 1. The van der Waals surface area contributed by atoms with E-state index in [4.69, 9.17) is 16.3 Å². The molecule has 3 rings (SSSR count). The first kappa shape index (κ1) is 19.7. The summed E-state index contributed by atoms with van der Waals surface area (Å²) in [6.07, 6.45) is 1.18. The molecule has 0 saturated carbocycles. The Morgan fingerprint density at radius 2 is 2.00 bits per heavy atom. The molecule has 0 saturated heterocycles. The molecule has 5 nitrogen and oxygen atoms in total. The Morgan fingerprint density at radius 3 is 2.74 bits per heavy atom. The molecule has 27 heavy (non-hydrogen) atoms. The zero-order chi connectivity index (χ0) is 19.2. The lowest BCUT2D eigenvalue weighted by molar-refractivity contribution is -0.116. The number of nitrogens with zero attached hydrogens (tertiary/aromatic N) is 1.